The first kappa shape index (κ1) is 13.2. The minimum absolute atomic E-state index is 0.605. The lowest BCUT2D eigenvalue weighted by atomic mass is 9.98. The Labute approximate surface area is 88.3 Å². The van der Waals surface area contributed by atoms with Gasteiger partial charge in [-0.2, -0.15) is 0 Å². The number of nitrogens with zero attached hydrogens (tertiary/aromatic N) is 1. The molecule has 0 bridgehead atoms. The van der Waals surface area contributed by atoms with Gasteiger partial charge >= 0.3 is 0 Å². The molecule has 14 heavy (non-hydrogen) atoms. The van der Waals surface area contributed by atoms with Crippen molar-refractivity contribution < 1.29 is 0 Å². The Hall–Kier alpha value is -0.790. The average Bonchev–Trinajstić information content (AvgIpc) is 2.03. The van der Waals surface area contributed by atoms with E-state index in [-0.39, 0.29) is 0 Å². The van der Waals surface area contributed by atoms with E-state index in [1.165, 1.54) is 5.57 Å². The molecule has 0 spiro atoms. The summed E-state index contributed by atoms with van der Waals surface area (Å²) < 4.78 is 0. The molecule has 1 unspecified atom stereocenters. The number of nitrogens with two attached hydrogens (primary N) is 1. The molecule has 0 aromatic heterocycles. The second-order valence-electron chi connectivity index (χ2n) is 3.94. The van der Waals surface area contributed by atoms with E-state index in [0.717, 1.165) is 31.6 Å². The molecule has 0 amide bonds. The number of hydrogen-bond acceptors (Lipinski definition) is 1. The number of rotatable bonds is 6. The van der Waals surface area contributed by atoms with Crippen LogP contribution in [0.2, 0.25) is 0 Å². The molecule has 0 aliphatic carbocycles. The fourth-order valence-electron chi connectivity index (χ4n) is 1.68. The molecule has 1 atom stereocenters. The first-order chi connectivity index (χ1) is 6.60. The Kier molecular flexibility index (Phi) is 7.17. The fraction of sp³-hybridized carbons (Fsp3) is 0.750. The highest BCUT2D eigenvalue weighted by atomic mass is 14.8. The molecule has 0 saturated carbocycles. The van der Waals surface area contributed by atoms with Crippen LogP contribution in [0.25, 0.3) is 0 Å². The molecule has 0 aromatic carbocycles. The number of amidine groups is 1. The summed E-state index contributed by atoms with van der Waals surface area (Å²) in [7, 11) is 0. The summed E-state index contributed by atoms with van der Waals surface area (Å²) in [5, 5.41) is 0. The summed E-state index contributed by atoms with van der Waals surface area (Å²) in [6.45, 7) is 9.39. The second-order valence-corrected chi connectivity index (χ2v) is 3.94. The molecule has 0 radical (unpaired) electrons. The van der Waals surface area contributed by atoms with Crippen LogP contribution in [0.3, 0.4) is 0 Å². The molecule has 2 nitrogen and oxygen atoms in total. The molecular formula is C12H24N2. The summed E-state index contributed by atoms with van der Waals surface area (Å²) in [5.41, 5.74) is 7.23. The summed E-state index contributed by atoms with van der Waals surface area (Å²) in [6, 6.07) is 0. The predicted molar refractivity (Wildman–Crippen MR) is 64.6 cm³/mol. The van der Waals surface area contributed by atoms with Gasteiger partial charge in [0.2, 0.25) is 0 Å². The standard InChI is InChI=1S/C12H24N2/c1-5-7-10(3)8-11(4)9-12(13)14-6-2/h7,11H,5-6,8-9H2,1-4H3,(H2,13,14)/b10-7-. The van der Waals surface area contributed by atoms with Crippen molar-refractivity contribution in [1.82, 2.24) is 0 Å². The third-order valence-corrected chi connectivity index (χ3v) is 2.14. The zero-order valence-corrected chi connectivity index (χ0v) is 10.0. The van der Waals surface area contributed by atoms with E-state index in [4.69, 9.17) is 5.73 Å². The van der Waals surface area contributed by atoms with Gasteiger partial charge in [0.15, 0.2) is 0 Å². The minimum Gasteiger partial charge on any atom is -0.387 e. The molecule has 0 aliphatic rings. The van der Waals surface area contributed by atoms with E-state index >= 15 is 0 Å². The molecule has 2 N–H and O–H groups in total. The van der Waals surface area contributed by atoms with Gasteiger partial charge in [-0.25, -0.2) is 0 Å². The Morgan fingerprint density at radius 1 is 1.36 bits per heavy atom. The summed E-state index contributed by atoms with van der Waals surface area (Å²) in [6.07, 6.45) is 5.46. The highest BCUT2D eigenvalue weighted by Gasteiger charge is 2.04. The van der Waals surface area contributed by atoms with E-state index in [1.807, 2.05) is 6.92 Å². The molecule has 0 aliphatic heterocycles. The van der Waals surface area contributed by atoms with Gasteiger partial charge in [0, 0.05) is 13.0 Å². The maximum absolute atomic E-state index is 5.77. The van der Waals surface area contributed by atoms with Gasteiger partial charge in [0.1, 0.15) is 0 Å². The van der Waals surface area contributed by atoms with Crippen LogP contribution in [0.1, 0.15) is 47.0 Å². The Balaban J connectivity index is 3.92. The van der Waals surface area contributed by atoms with Crippen LogP contribution in [-0.2, 0) is 0 Å². The highest BCUT2D eigenvalue weighted by molar-refractivity contribution is 5.80. The number of aliphatic imine (C=N–C) groups is 1. The van der Waals surface area contributed by atoms with Crippen LogP contribution < -0.4 is 5.73 Å². The van der Waals surface area contributed by atoms with E-state index in [9.17, 15) is 0 Å². The van der Waals surface area contributed by atoms with Crippen LogP contribution in [0.15, 0.2) is 16.6 Å². The van der Waals surface area contributed by atoms with Crippen molar-refractivity contribution in [2.75, 3.05) is 6.54 Å². The van der Waals surface area contributed by atoms with Gasteiger partial charge in [-0.1, -0.05) is 25.5 Å². The average molecular weight is 196 g/mol. The predicted octanol–water partition coefficient (Wildman–Crippen LogP) is 3.14. The van der Waals surface area contributed by atoms with E-state index in [0.29, 0.717) is 5.92 Å². The topological polar surface area (TPSA) is 38.4 Å². The SMILES string of the molecule is CC/C=C(/C)CC(C)CC(N)=NCC. The Bertz CT molecular complexity index is 182. The third-order valence-electron chi connectivity index (χ3n) is 2.14. The second kappa shape index (κ2) is 7.60. The first-order valence-corrected chi connectivity index (χ1v) is 5.54. The lowest BCUT2D eigenvalue weighted by Gasteiger charge is -2.11. The quantitative estimate of drug-likeness (QED) is 0.395. The van der Waals surface area contributed by atoms with Crippen molar-refractivity contribution in [2.45, 2.75) is 47.0 Å². The van der Waals surface area contributed by atoms with Gasteiger partial charge in [-0.05, 0) is 32.6 Å². The maximum atomic E-state index is 5.77. The third kappa shape index (κ3) is 6.70. The molecule has 0 fully saturated rings. The molecule has 0 saturated heterocycles. The van der Waals surface area contributed by atoms with Crippen LogP contribution in [0, 0.1) is 5.92 Å². The van der Waals surface area contributed by atoms with E-state index in [2.05, 4.69) is 31.8 Å². The van der Waals surface area contributed by atoms with Crippen LogP contribution in [0.5, 0.6) is 0 Å². The van der Waals surface area contributed by atoms with Crippen molar-refractivity contribution in [2.24, 2.45) is 16.6 Å². The molecular weight excluding hydrogens is 172 g/mol. The Morgan fingerprint density at radius 3 is 2.50 bits per heavy atom. The maximum Gasteiger partial charge on any atom is 0.0939 e. The van der Waals surface area contributed by atoms with E-state index in [1.54, 1.807) is 0 Å². The lowest BCUT2D eigenvalue weighted by Crippen LogP contribution is -2.16. The van der Waals surface area contributed by atoms with Gasteiger partial charge < -0.3 is 5.73 Å². The zero-order chi connectivity index (χ0) is 11.0. The van der Waals surface area contributed by atoms with Crippen molar-refractivity contribution >= 4 is 5.84 Å². The molecule has 82 valence electrons. The van der Waals surface area contributed by atoms with Crippen LogP contribution in [0.4, 0.5) is 0 Å². The monoisotopic (exact) mass is 196 g/mol. The fourth-order valence-corrected chi connectivity index (χ4v) is 1.68. The van der Waals surface area contributed by atoms with Crippen molar-refractivity contribution in [3.8, 4) is 0 Å². The number of allylic oxidation sites excluding steroid dienone is 2. The van der Waals surface area contributed by atoms with Gasteiger partial charge in [0.25, 0.3) is 0 Å². The summed E-state index contributed by atoms with van der Waals surface area (Å²) >= 11 is 0. The summed E-state index contributed by atoms with van der Waals surface area (Å²) in [5.74, 6) is 1.40. The first-order valence-electron chi connectivity index (χ1n) is 5.54. The van der Waals surface area contributed by atoms with Crippen molar-refractivity contribution in [3.63, 3.8) is 0 Å². The minimum atomic E-state index is 0.605. The smallest absolute Gasteiger partial charge is 0.0939 e. The molecule has 0 heterocycles. The van der Waals surface area contributed by atoms with Gasteiger partial charge in [-0.15, -0.1) is 0 Å². The van der Waals surface area contributed by atoms with Crippen molar-refractivity contribution in [1.29, 1.82) is 0 Å². The van der Waals surface area contributed by atoms with Gasteiger partial charge in [0.05, 0.1) is 5.84 Å². The van der Waals surface area contributed by atoms with Crippen LogP contribution >= 0.6 is 0 Å². The van der Waals surface area contributed by atoms with Gasteiger partial charge in [-0.3, -0.25) is 4.99 Å². The van der Waals surface area contributed by atoms with Crippen LogP contribution in [-0.4, -0.2) is 12.4 Å². The zero-order valence-electron chi connectivity index (χ0n) is 10.0. The van der Waals surface area contributed by atoms with Crippen molar-refractivity contribution in [3.05, 3.63) is 11.6 Å². The molecule has 2 heteroatoms. The molecule has 0 aromatic rings. The lowest BCUT2D eigenvalue weighted by molar-refractivity contribution is 0.597. The normalized spacial score (nSPS) is 15.7. The molecule has 0 rings (SSSR count). The highest BCUT2D eigenvalue weighted by Crippen LogP contribution is 2.14. The summed E-state index contributed by atoms with van der Waals surface area (Å²) in [4.78, 5) is 4.19. The number of hydrogen-bond donors (Lipinski definition) is 1. The largest absolute Gasteiger partial charge is 0.387 e. The Morgan fingerprint density at radius 2 is 2.00 bits per heavy atom. The van der Waals surface area contributed by atoms with E-state index < -0.39 is 0 Å².